The molecule has 1 N–H and O–H groups in total. The average Bonchev–Trinajstić information content (AvgIpc) is 3.46. The van der Waals surface area contributed by atoms with Crippen molar-refractivity contribution >= 4 is 38.9 Å². The number of halogens is 1. The summed E-state index contributed by atoms with van der Waals surface area (Å²) in [7, 11) is 0. The molecule has 7 heteroatoms. The Morgan fingerprint density at radius 1 is 0.850 bits per heavy atom. The van der Waals surface area contributed by atoms with Crippen molar-refractivity contribution in [3.8, 4) is 17.2 Å². The molecule has 3 heterocycles. The molecule has 1 fully saturated rings. The molecule has 1 saturated heterocycles. The predicted molar refractivity (Wildman–Crippen MR) is 169 cm³/mol. The summed E-state index contributed by atoms with van der Waals surface area (Å²) < 4.78 is 9.52. The van der Waals surface area contributed by atoms with Crippen LogP contribution in [0.3, 0.4) is 0 Å². The molecule has 1 aliphatic heterocycles. The van der Waals surface area contributed by atoms with Crippen LogP contribution in [0, 0.1) is 20.8 Å². The van der Waals surface area contributed by atoms with Crippen molar-refractivity contribution in [1.82, 2.24) is 14.9 Å². The normalized spacial score (nSPS) is 16.7. The van der Waals surface area contributed by atoms with E-state index >= 15 is 0 Å². The third-order valence-corrected chi connectivity index (χ3v) is 8.25. The Bertz CT molecular complexity index is 1670. The lowest BCUT2D eigenvalue weighted by Gasteiger charge is -2.28. The third-order valence-electron chi connectivity index (χ3n) is 7.41. The maximum Gasteiger partial charge on any atom is 0.174 e. The minimum absolute atomic E-state index is 0.0964. The van der Waals surface area contributed by atoms with E-state index in [-0.39, 0.29) is 12.1 Å². The summed E-state index contributed by atoms with van der Waals surface area (Å²) in [4.78, 5) is 6.92. The number of nitrogens with zero attached hydrogens (tertiary/aromatic N) is 3. The van der Waals surface area contributed by atoms with Crippen molar-refractivity contribution in [2.45, 2.75) is 32.9 Å². The topological polar surface area (TPSA) is 42.3 Å². The van der Waals surface area contributed by atoms with Gasteiger partial charge in [0, 0.05) is 33.4 Å². The van der Waals surface area contributed by atoms with Crippen LogP contribution in [-0.4, -0.2) is 14.7 Å². The molecule has 0 spiro atoms. The Hall–Kier alpha value is -3.94. The molecule has 0 bridgehead atoms. The molecule has 2 aromatic heterocycles. The highest BCUT2D eigenvalue weighted by Crippen LogP contribution is 2.44. The smallest absolute Gasteiger partial charge is 0.174 e. The zero-order chi connectivity index (χ0) is 27.8. The summed E-state index contributed by atoms with van der Waals surface area (Å²) in [6.45, 7) is 6.38. The second-order valence-electron chi connectivity index (χ2n) is 10.00. The fourth-order valence-corrected chi connectivity index (χ4v) is 6.11. The molecule has 3 aromatic carbocycles. The van der Waals surface area contributed by atoms with Crippen LogP contribution < -0.4 is 15.0 Å². The standard InChI is InChI=1S/C33H29BrN4OS/c1-21-8-4-5-10-30(21)39-27-17-15-26(16-18-27)38-32(31(36-33(38)40)29-9-6-7-19-35-29)28-20-22(2)37(23(28)3)25-13-11-24(34)12-14-25/h4-20,31-32H,1-3H3,(H,36,40)/t31-,32-/m1/s1. The van der Waals surface area contributed by atoms with Gasteiger partial charge in [-0.05, 0) is 117 Å². The zero-order valence-electron chi connectivity index (χ0n) is 22.5. The van der Waals surface area contributed by atoms with Gasteiger partial charge in [0.15, 0.2) is 5.11 Å². The first-order chi connectivity index (χ1) is 19.4. The van der Waals surface area contributed by atoms with Gasteiger partial charge in [-0.1, -0.05) is 40.2 Å². The fourth-order valence-electron chi connectivity index (χ4n) is 5.50. The van der Waals surface area contributed by atoms with E-state index in [1.807, 2.05) is 61.7 Å². The van der Waals surface area contributed by atoms with Gasteiger partial charge < -0.3 is 19.5 Å². The molecule has 6 rings (SSSR count). The first-order valence-corrected chi connectivity index (χ1v) is 14.4. The highest BCUT2D eigenvalue weighted by Gasteiger charge is 2.42. The van der Waals surface area contributed by atoms with Crippen molar-refractivity contribution in [3.63, 3.8) is 0 Å². The molecule has 0 radical (unpaired) electrons. The lowest BCUT2D eigenvalue weighted by Crippen LogP contribution is -2.29. The Labute approximate surface area is 248 Å². The largest absolute Gasteiger partial charge is 0.457 e. The fraction of sp³-hybridized carbons (Fsp3) is 0.152. The quantitative estimate of drug-likeness (QED) is 0.196. The molecule has 5 nitrogen and oxygen atoms in total. The van der Waals surface area contributed by atoms with Crippen molar-refractivity contribution in [2.24, 2.45) is 0 Å². The van der Waals surface area contributed by atoms with Crippen molar-refractivity contribution < 1.29 is 4.74 Å². The van der Waals surface area contributed by atoms with Crippen LogP contribution in [0.1, 0.15) is 40.3 Å². The number of anilines is 1. The highest BCUT2D eigenvalue weighted by molar-refractivity contribution is 9.10. The molecular weight excluding hydrogens is 580 g/mol. The molecule has 200 valence electrons. The van der Waals surface area contributed by atoms with Gasteiger partial charge >= 0.3 is 0 Å². The second kappa shape index (κ2) is 10.9. The first-order valence-electron chi connectivity index (χ1n) is 13.2. The number of aryl methyl sites for hydroxylation is 2. The first kappa shape index (κ1) is 26.3. The molecule has 1 aliphatic rings. The summed E-state index contributed by atoms with van der Waals surface area (Å²) in [5.41, 5.74) is 7.68. The second-order valence-corrected chi connectivity index (χ2v) is 11.3. The Morgan fingerprint density at radius 3 is 2.25 bits per heavy atom. The van der Waals surface area contributed by atoms with Crippen LogP contribution in [0.2, 0.25) is 0 Å². The van der Waals surface area contributed by atoms with Crippen molar-refractivity contribution in [3.05, 3.63) is 136 Å². The van der Waals surface area contributed by atoms with Crippen LogP contribution in [0.4, 0.5) is 5.69 Å². The number of benzene rings is 3. The van der Waals surface area contributed by atoms with Crippen molar-refractivity contribution in [2.75, 3.05) is 4.90 Å². The number of nitrogens with one attached hydrogen (secondary N) is 1. The maximum absolute atomic E-state index is 6.17. The van der Waals surface area contributed by atoms with E-state index in [2.05, 4.69) is 93.1 Å². The predicted octanol–water partition coefficient (Wildman–Crippen LogP) is 8.53. The summed E-state index contributed by atoms with van der Waals surface area (Å²) in [5, 5.41) is 4.25. The number of thiocarbonyl (C=S) groups is 1. The molecule has 0 amide bonds. The van der Waals surface area contributed by atoms with Gasteiger partial charge in [-0.3, -0.25) is 4.98 Å². The van der Waals surface area contributed by atoms with Crippen LogP contribution in [0.5, 0.6) is 11.5 Å². The average molecular weight is 610 g/mol. The van der Waals surface area contributed by atoms with E-state index in [0.717, 1.165) is 44.3 Å². The highest BCUT2D eigenvalue weighted by atomic mass is 79.9. The van der Waals surface area contributed by atoms with Crippen LogP contribution in [-0.2, 0) is 0 Å². The van der Waals surface area contributed by atoms with Crippen LogP contribution in [0.15, 0.2) is 108 Å². The Kier molecular flexibility index (Phi) is 7.17. The van der Waals surface area contributed by atoms with Gasteiger partial charge in [0.1, 0.15) is 11.5 Å². The lowest BCUT2D eigenvalue weighted by molar-refractivity contribution is 0.479. The number of hydrogen-bond donors (Lipinski definition) is 1. The van der Waals surface area contributed by atoms with E-state index in [1.54, 1.807) is 0 Å². The SMILES string of the molecule is Cc1ccccc1Oc1ccc(N2C(=S)N[C@H](c3ccccn3)[C@H]2c2cc(C)n(-c3ccc(Br)cc3)c2C)cc1. The summed E-state index contributed by atoms with van der Waals surface area (Å²) >= 11 is 9.53. The molecule has 0 saturated carbocycles. The van der Waals surface area contributed by atoms with Crippen LogP contribution in [0.25, 0.3) is 5.69 Å². The summed E-state index contributed by atoms with van der Waals surface area (Å²) in [6, 6.07) is 32.7. The van der Waals surface area contributed by atoms with Crippen molar-refractivity contribution in [1.29, 1.82) is 0 Å². The number of pyridine rings is 1. The summed E-state index contributed by atoms with van der Waals surface area (Å²) in [5.74, 6) is 1.63. The minimum Gasteiger partial charge on any atom is -0.457 e. The lowest BCUT2D eigenvalue weighted by atomic mass is 9.96. The van der Waals surface area contributed by atoms with Gasteiger partial charge in [0.05, 0.1) is 17.8 Å². The molecule has 2 atom stereocenters. The monoisotopic (exact) mass is 608 g/mol. The molecule has 40 heavy (non-hydrogen) atoms. The van der Waals surface area contributed by atoms with Gasteiger partial charge in [0.25, 0.3) is 0 Å². The van der Waals surface area contributed by atoms with E-state index in [9.17, 15) is 0 Å². The van der Waals surface area contributed by atoms with Crippen LogP contribution >= 0.6 is 28.1 Å². The number of aromatic nitrogens is 2. The van der Waals surface area contributed by atoms with E-state index in [4.69, 9.17) is 21.9 Å². The number of para-hydroxylation sites is 1. The van der Waals surface area contributed by atoms with E-state index in [0.29, 0.717) is 5.11 Å². The summed E-state index contributed by atoms with van der Waals surface area (Å²) in [6.07, 6.45) is 1.84. The Balaban J connectivity index is 1.41. The number of rotatable bonds is 6. The minimum atomic E-state index is -0.115. The Morgan fingerprint density at radius 2 is 1.55 bits per heavy atom. The van der Waals surface area contributed by atoms with Gasteiger partial charge in [0.2, 0.25) is 0 Å². The number of hydrogen-bond acceptors (Lipinski definition) is 3. The third kappa shape index (κ3) is 4.91. The molecule has 0 aliphatic carbocycles. The number of ether oxygens (including phenoxy) is 1. The van der Waals surface area contributed by atoms with Gasteiger partial charge in [-0.15, -0.1) is 0 Å². The van der Waals surface area contributed by atoms with E-state index < -0.39 is 0 Å². The van der Waals surface area contributed by atoms with Gasteiger partial charge in [-0.2, -0.15) is 0 Å². The molecule has 0 unspecified atom stereocenters. The molecular formula is C33H29BrN4OS. The maximum atomic E-state index is 6.17. The molecule has 5 aromatic rings. The van der Waals surface area contributed by atoms with E-state index in [1.165, 1.54) is 11.3 Å². The van der Waals surface area contributed by atoms with Gasteiger partial charge in [-0.25, -0.2) is 0 Å². The zero-order valence-corrected chi connectivity index (χ0v) is 24.9.